The molecule has 1 aromatic rings. The fourth-order valence-electron chi connectivity index (χ4n) is 3.05. The molecule has 1 N–H and O–H groups in total. The maximum atomic E-state index is 12.6. The molecule has 1 atom stereocenters. The monoisotopic (exact) mass is 332 g/mol. The van der Waals surface area contributed by atoms with E-state index in [9.17, 15) is 9.59 Å². The highest BCUT2D eigenvalue weighted by atomic mass is 16.7. The van der Waals surface area contributed by atoms with Crippen molar-refractivity contribution >= 4 is 11.8 Å². The van der Waals surface area contributed by atoms with Crippen LogP contribution in [0, 0.1) is 5.92 Å². The van der Waals surface area contributed by atoms with Gasteiger partial charge in [-0.2, -0.15) is 0 Å². The summed E-state index contributed by atoms with van der Waals surface area (Å²) in [6, 6.07) is 5.57. The van der Waals surface area contributed by atoms with Crippen LogP contribution >= 0.6 is 0 Å². The van der Waals surface area contributed by atoms with E-state index in [1.54, 1.807) is 4.90 Å². The van der Waals surface area contributed by atoms with Gasteiger partial charge in [-0.15, -0.1) is 0 Å². The smallest absolute Gasteiger partial charge is 0.246 e. The molecule has 0 aliphatic carbocycles. The number of benzene rings is 1. The molecule has 6 nitrogen and oxygen atoms in total. The van der Waals surface area contributed by atoms with Crippen LogP contribution in [0.5, 0.6) is 11.5 Å². The Morgan fingerprint density at radius 3 is 2.75 bits per heavy atom. The molecule has 3 rings (SSSR count). The summed E-state index contributed by atoms with van der Waals surface area (Å²) in [5.41, 5.74) is 0.890. The maximum Gasteiger partial charge on any atom is 0.246 e. The summed E-state index contributed by atoms with van der Waals surface area (Å²) >= 11 is 0. The van der Waals surface area contributed by atoms with Gasteiger partial charge in [-0.3, -0.25) is 9.59 Å². The van der Waals surface area contributed by atoms with Crippen LogP contribution < -0.4 is 14.8 Å². The van der Waals surface area contributed by atoms with Crippen LogP contribution in [0.1, 0.15) is 39.2 Å². The normalized spacial score (nSPS) is 21.8. The van der Waals surface area contributed by atoms with Crippen molar-refractivity contribution in [3.05, 3.63) is 23.8 Å². The first-order valence-corrected chi connectivity index (χ1v) is 8.47. The van der Waals surface area contributed by atoms with E-state index in [1.165, 1.54) is 0 Å². The van der Waals surface area contributed by atoms with Gasteiger partial charge in [0, 0.05) is 20.4 Å². The Morgan fingerprint density at radius 2 is 2.00 bits per heavy atom. The number of unbranched alkanes of at least 4 members (excludes halogenated alkanes) is 1. The van der Waals surface area contributed by atoms with Gasteiger partial charge in [0.25, 0.3) is 0 Å². The van der Waals surface area contributed by atoms with Crippen LogP contribution in [-0.2, 0) is 16.0 Å². The molecule has 6 heteroatoms. The molecular formula is C18H24N2O4. The number of hydrogen-bond acceptors (Lipinski definition) is 4. The molecule has 2 amide bonds. The fourth-order valence-corrected chi connectivity index (χ4v) is 3.05. The van der Waals surface area contributed by atoms with Gasteiger partial charge in [0.15, 0.2) is 11.5 Å². The standard InChI is InChI=1S/C18H24N2O4/c1-4-5-8-20-11-19-16(21)13(17(20)22)9-12-6-7-14-15(10-12)24-18(2,3)23-14/h6-7,10,13H,4-5,8-9,11H2,1-3H3,(H,19,21). The van der Waals surface area contributed by atoms with Gasteiger partial charge in [0.05, 0.1) is 6.67 Å². The molecule has 24 heavy (non-hydrogen) atoms. The van der Waals surface area contributed by atoms with Crippen LogP contribution in [0.25, 0.3) is 0 Å². The number of nitrogens with one attached hydrogen (secondary N) is 1. The van der Waals surface area contributed by atoms with Gasteiger partial charge in [0.1, 0.15) is 5.92 Å². The number of carbonyl (C=O) groups excluding carboxylic acids is 2. The highest BCUT2D eigenvalue weighted by Gasteiger charge is 2.36. The number of fused-ring (bicyclic) bond motifs is 1. The minimum absolute atomic E-state index is 0.0924. The number of amides is 2. The summed E-state index contributed by atoms with van der Waals surface area (Å²) in [6.45, 7) is 6.76. The Balaban J connectivity index is 1.73. The van der Waals surface area contributed by atoms with Gasteiger partial charge in [0.2, 0.25) is 17.6 Å². The van der Waals surface area contributed by atoms with Crippen molar-refractivity contribution in [2.24, 2.45) is 5.92 Å². The van der Waals surface area contributed by atoms with Crippen molar-refractivity contribution in [1.82, 2.24) is 10.2 Å². The third kappa shape index (κ3) is 3.32. The Kier molecular flexibility index (Phi) is 4.39. The van der Waals surface area contributed by atoms with E-state index in [4.69, 9.17) is 9.47 Å². The van der Waals surface area contributed by atoms with E-state index in [0.29, 0.717) is 31.1 Å². The zero-order valence-corrected chi connectivity index (χ0v) is 14.4. The molecule has 0 saturated carbocycles. The first-order chi connectivity index (χ1) is 11.4. The average molecular weight is 332 g/mol. The van der Waals surface area contributed by atoms with E-state index < -0.39 is 11.7 Å². The number of rotatable bonds is 5. The number of nitrogens with zero attached hydrogens (tertiary/aromatic N) is 1. The van der Waals surface area contributed by atoms with Gasteiger partial charge in [-0.05, 0) is 30.5 Å². The van der Waals surface area contributed by atoms with E-state index in [0.717, 1.165) is 18.4 Å². The second-order valence-corrected chi connectivity index (χ2v) is 6.80. The lowest BCUT2D eigenvalue weighted by molar-refractivity contribution is -0.147. The van der Waals surface area contributed by atoms with Crippen molar-refractivity contribution in [2.45, 2.75) is 45.8 Å². The van der Waals surface area contributed by atoms with Crippen molar-refractivity contribution in [3.63, 3.8) is 0 Å². The molecule has 1 fully saturated rings. The molecule has 0 spiro atoms. The first-order valence-electron chi connectivity index (χ1n) is 8.47. The van der Waals surface area contributed by atoms with Gasteiger partial charge >= 0.3 is 0 Å². The van der Waals surface area contributed by atoms with Crippen molar-refractivity contribution in [3.8, 4) is 11.5 Å². The summed E-state index contributed by atoms with van der Waals surface area (Å²) in [4.78, 5) is 26.5. The van der Waals surface area contributed by atoms with Gasteiger partial charge in [-0.1, -0.05) is 19.4 Å². The van der Waals surface area contributed by atoms with E-state index >= 15 is 0 Å². The predicted molar refractivity (Wildman–Crippen MR) is 88.6 cm³/mol. The second kappa shape index (κ2) is 6.34. The third-order valence-corrected chi connectivity index (χ3v) is 4.31. The molecule has 2 aliphatic heterocycles. The number of hydrogen-bond donors (Lipinski definition) is 1. The maximum absolute atomic E-state index is 12.6. The lowest BCUT2D eigenvalue weighted by Gasteiger charge is -2.32. The number of ether oxygens (including phenoxy) is 2. The summed E-state index contributed by atoms with van der Waals surface area (Å²) in [7, 11) is 0. The van der Waals surface area contributed by atoms with Crippen molar-refractivity contribution in [2.75, 3.05) is 13.2 Å². The van der Waals surface area contributed by atoms with E-state index in [-0.39, 0.29) is 11.8 Å². The largest absolute Gasteiger partial charge is 0.449 e. The highest BCUT2D eigenvalue weighted by Crippen LogP contribution is 2.40. The Bertz CT molecular complexity index is 656. The van der Waals surface area contributed by atoms with Crippen molar-refractivity contribution < 1.29 is 19.1 Å². The Morgan fingerprint density at radius 1 is 1.25 bits per heavy atom. The van der Waals surface area contributed by atoms with Crippen LogP contribution in [0.15, 0.2) is 18.2 Å². The van der Waals surface area contributed by atoms with Crippen LogP contribution in [0.2, 0.25) is 0 Å². The zero-order chi connectivity index (χ0) is 17.3. The molecule has 2 aliphatic rings. The van der Waals surface area contributed by atoms with Crippen LogP contribution in [0.3, 0.4) is 0 Å². The SMILES string of the molecule is CCCCN1CNC(=O)C(Cc2ccc3c(c2)OC(C)(C)O3)C1=O. The molecule has 1 saturated heterocycles. The molecule has 130 valence electrons. The Labute approximate surface area is 142 Å². The molecule has 1 unspecified atom stereocenters. The minimum atomic E-state index is -0.685. The van der Waals surface area contributed by atoms with Gasteiger partial charge < -0.3 is 19.7 Å². The molecule has 0 aromatic heterocycles. The predicted octanol–water partition coefficient (Wildman–Crippen LogP) is 2.07. The number of carbonyl (C=O) groups is 2. The molecule has 2 heterocycles. The molecular weight excluding hydrogens is 308 g/mol. The van der Waals surface area contributed by atoms with Crippen LogP contribution in [-0.4, -0.2) is 35.7 Å². The molecule has 0 radical (unpaired) electrons. The zero-order valence-electron chi connectivity index (χ0n) is 14.4. The first kappa shape index (κ1) is 16.6. The quantitative estimate of drug-likeness (QED) is 0.838. The van der Waals surface area contributed by atoms with Gasteiger partial charge in [-0.25, -0.2) is 0 Å². The summed E-state index contributed by atoms with van der Waals surface area (Å²) in [6.07, 6.45) is 2.32. The average Bonchev–Trinajstić information content (AvgIpc) is 2.83. The van der Waals surface area contributed by atoms with Crippen molar-refractivity contribution in [1.29, 1.82) is 0 Å². The lowest BCUT2D eigenvalue weighted by atomic mass is 9.95. The minimum Gasteiger partial charge on any atom is -0.449 e. The lowest BCUT2D eigenvalue weighted by Crippen LogP contribution is -2.55. The molecule has 0 bridgehead atoms. The second-order valence-electron chi connectivity index (χ2n) is 6.80. The topological polar surface area (TPSA) is 67.9 Å². The highest BCUT2D eigenvalue weighted by molar-refractivity contribution is 6.02. The van der Waals surface area contributed by atoms with Crippen LogP contribution in [0.4, 0.5) is 0 Å². The summed E-state index contributed by atoms with van der Waals surface area (Å²) < 4.78 is 11.4. The molecule has 1 aromatic carbocycles. The fraction of sp³-hybridized carbons (Fsp3) is 0.556. The Hall–Kier alpha value is -2.24. The van der Waals surface area contributed by atoms with E-state index in [2.05, 4.69) is 12.2 Å². The summed E-state index contributed by atoms with van der Waals surface area (Å²) in [5.74, 6) is -0.313. The van der Waals surface area contributed by atoms with E-state index in [1.807, 2.05) is 32.0 Å². The third-order valence-electron chi connectivity index (χ3n) is 4.31. The summed E-state index contributed by atoms with van der Waals surface area (Å²) in [5, 5.41) is 2.82.